The van der Waals surface area contributed by atoms with E-state index in [-0.39, 0.29) is 21.8 Å². The van der Waals surface area contributed by atoms with Crippen LogP contribution in [0, 0.1) is 17.5 Å². The third kappa shape index (κ3) is 4.12. The van der Waals surface area contributed by atoms with Gasteiger partial charge in [-0.25, -0.2) is 18.2 Å². The van der Waals surface area contributed by atoms with Gasteiger partial charge in [-0.1, -0.05) is 23.2 Å². The minimum absolute atomic E-state index is 0.0554. The molecule has 0 spiro atoms. The summed E-state index contributed by atoms with van der Waals surface area (Å²) in [6.45, 7) is 0. The second-order valence-electron chi connectivity index (χ2n) is 4.90. The van der Waals surface area contributed by atoms with Crippen LogP contribution in [-0.4, -0.2) is 9.97 Å². The van der Waals surface area contributed by atoms with Gasteiger partial charge in [-0.15, -0.1) is 0 Å². The van der Waals surface area contributed by atoms with Gasteiger partial charge in [0.25, 0.3) is 0 Å². The first-order valence-electron chi connectivity index (χ1n) is 6.89. The Morgan fingerprint density at radius 1 is 0.760 bits per heavy atom. The Hall–Kier alpha value is -2.51. The summed E-state index contributed by atoms with van der Waals surface area (Å²) in [5, 5.41) is 5.27. The Bertz CT molecular complexity index is 937. The highest BCUT2D eigenvalue weighted by molar-refractivity contribution is 6.31. The van der Waals surface area contributed by atoms with Crippen molar-refractivity contribution in [2.24, 2.45) is 0 Å². The van der Waals surface area contributed by atoms with Gasteiger partial charge in [-0.3, -0.25) is 0 Å². The molecule has 0 aliphatic rings. The lowest BCUT2D eigenvalue weighted by Gasteiger charge is -2.10. The smallest absolute Gasteiger partial charge is 0.229 e. The molecule has 0 saturated heterocycles. The topological polar surface area (TPSA) is 49.8 Å². The van der Waals surface area contributed by atoms with Gasteiger partial charge in [0.1, 0.15) is 11.6 Å². The van der Waals surface area contributed by atoms with Crippen LogP contribution < -0.4 is 10.6 Å². The van der Waals surface area contributed by atoms with Crippen LogP contribution in [0.15, 0.2) is 42.6 Å². The van der Waals surface area contributed by atoms with Crippen molar-refractivity contribution in [1.29, 1.82) is 0 Å². The molecule has 2 aromatic carbocycles. The van der Waals surface area contributed by atoms with Crippen molar-refractivity contribution >= 4 is 46.3 Å². The highest BCUT2D eigenvalue weighted by atomic mass is 35.5. The van der Waals surface area contributed by atoms with E-state index in [4.69, 9.17) is 23.2 Å². The van der Waals surface area contributed by atoms with Crippen molar-refractivity contribution in [2.45, 2.75) is 0 Å². The standard InChI is InChI=1S/C16H9Cl2F3N4/c17-10-5-8(1-3-12(10)19)23-15-14(21)7-22-16(25-15)24-9-2-4-13(20)11(18)6-9/h1-7H,(H2,22,23,24,25). The van der Waals surface area contributed by atoms with Gasteiger partial charge in [0.2, 0.25) is 5.95 Å². The predicted octanol–water partition coefficient (Wildman–Crippen LogP) is 5.69. The van der Waals surface area contributed by atoms with E-state index in [1.54, 1.807) is 0 Å². The summed E-state index contributed by atoms with van der Waals surface area (Å²) in [4.78, 5) is 7.78. The molecule has 128 valence electrons. The third-order valence-electron chi connectivity index (χ3n) is 3.10. The van der Waals surface area contributed by atoms with Crippen LogP contribution in [0.4, 0.5) is 36.3 Å². The van der Waals surface area contributed by atoms with E-state index < -0.39 is 17.5 Å². The van der Waals surface area contributed by atoms with Crippen LogP contribution in [0.3, 0.4) is 0 Å². The van der Waals surface area contributed by atoms with E-state index in [0.717, 1.165) is 12.3 Å². The zero-order valence-electron chi connectivity index (χ0n) is 12.3. The minimum Gasteiger partial charge on any atom is -0.338 e. The van der Waals surface area contributed by atoms with E-state index in [1.807, 2.05) is 0 Å². The first-order chi connectivity index (χ1) is 11.9. The average molecular weight is 385 g/mol. The second-order valence-corrected chi connectivity index (χ2v) is 5.71. The lowest BCUT2D eigenvalue weighted by atomic mass is 10.3. The number of aromatic nitrogens is 2. The molecule has 0 bridgehead atoms. The maximum Gasteiger partial charge on any atom is 0.229 e. The first kappa shape index (κ1) is 17.3. The largest absolute Gasteiger partial charge is 0.338 e. The number of halogens is 5. The average Bonchev–Trinajstić information content (AvgIpc) is 2.57. The molecular weight excluding hydrogens is 376 g/mol. The molecule has 9 heteroatoms. The van der Waals surface area contributed by atoms with E-state index >= 15 is 0 Å². The fourth-order valence-corrected chi connectivity index (χ4v) is 2.29. The van der Waals surface area contributed by atoms with Crippen LogP contribution in [0.1, 0.15) is 0 Å². The molecule has 3 rings (SSSR count). The summed E-state index contributed by atoms with van der Waals surface area (Å²) in [5.74, 6) is -1.97. The summed E-state index contributed by atoms with van der Waals surface area (Å²) in [5.41, 5.74) is 0.772. The fraction of sp³-hybridized carbons (Fsp3) is 0. The zero-order chi connectivity index (χ0) is 18.0. The molecule has 25 heavy (non-hydrogen) atoms. The molecule has 0 atom stereocenters. The maximum atomic E-state index is 13.9. The van der Waals surface area contributed by atoms with Gasteiger partial charge in [-0.2, -0.15) is 4.98 Å². The number of hydrogen-bond donors (Lipinski definition) is 2. The van der Waals surface area contributed by atoms with Crippen molar-refractivity contribution in [2.75, 3.05) is 10.6 Å². The summed E-state index contributed by atoms with van der Waals surface area (Å²) >= 11 is 11.4. The monoisotopic (exact) mass is 384 g/mol. The number of nitrogens with zero attached hydrogens (tertiary/aromatic N) is 2. The maximum absolute atomic E-state index is 13.9. The molecule has 2 N–H and O–H groups in total. The Morgan fingerprint density at radius 2 is 1.32 bits per heavy atom. The second kappa shape index (κ2) is 7.16. The summed E-state index contributed by atoms with van der Waals surface area (Å²) in [7, 11) is 0. The first-order valence-corrected chi connectivity index (χ1v) is 7.64. The van der Waals surface area contributed by atoms with Crippen LogP contribution in [0.25, 0.3) is 0 Å². The Balaban J connectivity index is 1.84. The molecular formula is C16H9Cl2F3N4. The fourth-order valence-electron chi connectivity index (χ4n) is 1.93. The molecule has 0 saturated carbocycles. The highest BCUT2D eigenvalue weighted by Gasteiger charge is 2.10. The van der Waals surface area contributed by atoms with E-state index in [1.165, 1.54) is 30.3 Å². The van der Waals surface area contributed by atoms with E-state index in [9.17, 15) is 13.2 Å². The number of nitrogens with one attached hydrogen (secondary N) is 2. The van der Waals surface area contributed by atoms with Crippen molar-refractivity contribution in [1.82, 2.24) is 9.97 Å². The van der Waals surface area contributed by atoms with Gasteiger partial charge in [0.05, 0.1) is 16.2 Å². The lowest BCUT2D eigenvalue weighted by Crippen LogP contribution is -2.03. The van der Waals surface area contributed by atoms with Crippen molar-refractivity contribution in [3.05, 3.63) is 70.1 Å². The Kier molecular flexibility index (Phi) is 4.96. The van der Waals surface area contributed by atoms with Crippen LogP contribution in [0.2, 0.25) is 10.0 Å². The number of hydrogen-bond acceptors (Lipinski definition) is 4. The molecule has 0 aliphatic carbocycles. The molecule has 1 heterocycles. The van der Waals surface area contributed by atoms with Crippen molar-refractivity contribution < 1.29 is 13.2 Å². The normalized spacial score (nSPS) is 10.6. The predicted molar refractivity (Wildman–Crippen MR) is 91.4 cm³/mol. The number of benzene rings is 2. The molecule has 0 radical (unpaired) electrons. The Morgan fingerprint density at radius 3 is 1.88 bits per heavy atom. The zero-order valence-corrected chi connectivity index (χ0v) is 13.8. The van der Waals surface area contributed by atoms with Gasteiger partial charge in [-0.05, 0) is 36.4 Å². The number of rotatable bonds is 4. The van der Waals surface area contributed by atoms with Gasteiger partial charge >= 0.3 is 0 Å². The van der Waals surface area contributed by atoms with Crippen LogP contribution >= 0.6 is 23.2 Å². The molecule has 0 fully saturated rings. The molecule has 3 aromatic rings. The highest BCUT2D eigenvalue weighted by Crippen LogP contribution is 2.25. The summed E-state index contributed by atoms with van der Waals surface area (Å²) < 4.78 is 40.2. The van der Waals surface area contributed by atoms with Gasteiger partial charge < -0.3 is 10.6 Å². The molecule has 1 aromatic heterocycles. The Labute approximate surface area is 150 Å². The summed E-state index contributed by atoms with van der Waals surface area (Å²) in [6, 6.07) is 7.77. The van der Waals surface area contributed by atoms with E-state index in [0.29, 0.717) is 11.4 Å². The lowest BCUT2D eigenvalue weighted by molar-refractivity contribution is 0.619. The third-order valence-corrected chi connectivity index (χ3v) is 3.68. The molecule has 0 unspecified atom stereocenters. The molecule has 0 aliphatic heterocycles. The quantitative estimate of drug-likeness (QED) is 0.606. The van der Waals surface area contributed by atoms with Crippen molar-refractivity contribution in [3.8, 4) is 0 Å². The van der Waals surface area contributed by atoms with Gasteiger partial charge in [0.15, 0.2) is 11.6 Å². The van der Waals surface area contributed by atoms with Crippen LogP contribution in [0.5, 0.6) is 0 Å². The summed E-state index contributed by atoms with van der Waals surface area (Å²) in [6.07, 6.45) is 0.952. The van der Waals surface area contributed by atoms with Gasteiger partial charge in [0, 0.05) is 11.4 Å². The SMILES string of the molecule is Fc1ccc(Nc2ncc(F)c(Nc3ccc(F)c(Cl)c3)n2)cc1Cl. The molecule has 4 nitrogen and oxygen atoms in total. The van der Waals surface area contributed by atoms with Crippen molar-refractivity contribution in [3.63, 3.8) is 0 Å². The van der Waals surface area contributed by atoms with Crippen LogP contribution in [-0.2, 0) is 0 Å². The number of anilines is 4. The molecule has 0 amide bonds. The minimum atomic E-state index is -0.719. The van der Waals surface area contributed by atoms with E-state index in [2.05, 4.69) is 20.6 Å².